The van der Waals surface area contributed by atoms with E-state index in [-0.39, 0.29) is 26.2 Å². The molecule has 3 N–H and O–H groups in total. The third-order valence-electron chi connectivity index (χ3n) is 3.01. The summed E-state index contributed by atoms with van der Waals surface area (Å²) in [6.45, 7) is 2.78. The van der Waals surface area contributed by atoms with Crippen LogP contribution in [-0.4, -0.2) is 47.1 Å². The van der Waals surface area contributed by atoms with Gasteiger partial charge in [-0.15, -0.1) is 0 Å². The van der Waals surface area contributed by atoms with Crippen LogP contribution >= 0.6 is 0 Å². The Bertz CT molecular complexity index is 285. The zero-order valence-electron chi connectivity index (χ0n) is 11.6. The standard InChI is InChI=1S/C13H24O6/c1-3-4-5-10(12(17)18)6-11(16)19-9-13(2,7-14)8-15/h10,14-15H,3-9H2,1-2H3,(H,17,18). The maximum Gasteiger partial charge on any atom is 0.307 e. The van der Waals surface area contributed by atoms with Crippen molar-refractivity contribution in [3.8, 4) is 0 Å². The van der Waals surface area contributed by atoms with E-state index in [4.69, 9.17) is 20.1 Å². The second-order valence-electron chi connectivity index (χ2n) is 5.17. The van der Waals surface area contributed by atoms with E-state index in [1.807, 2.05) is 6.92 Å². The number of carbonyl (C=O) groups excluding carboxylic acids is 1. The third-order valence-corrected chi connectivity index (χ3v) is 3.01. The highest BCUT2D eigenvalue weighted by Gasteiger charge is 2.26. The van der Waals surface area contributed by atoms with Gasteiger partial charge >= 0.3 is 11.9 Å². The fourth-order valence-corrected chi connectivity index (χ4v) is 1.42. The number of carbonyl (C=O) groups is 2. The minimum atomic E-state index is -1.00. The topological polar surface area (TPSA) is 104 Å². The SMILES string of the molecule is CCCCC(CC(=O)OCC(C)(CO)CO)C(=O)O. The van der Waals surface area contributed by atoms with Gasteiger partial charge in [-0.2, -0.15) is 0 Å². The lowest BCUT2D eigenvalue weighted by Crippen LogP contribution is -2.33. The van der Waals surface area contributed by atoms with Crippen molar-refractivity contribution in [2.45, 2.75) is 39.5 Å². The zero-order chi connectivity index (χ0) is 14.9. The van der Waals surface area contributed by atoms with Gasteiger partial charge in [-0.1, -0.05) is 26.7 Å². The molecule has 0 heterocycles. The van der Waals surface area contributed by atoms with Crippen LogP contribution in [0.25, 0.3) is 0 Å². The van der Waals surface area contributed by atoms with Gasteiger partial charge in [0.1, 0.15) is 6.61 Å². The fraction of sp³-hybridized carbons (Fsp3) is 0.846. The number of aliphatic hydroxyl groups is 2. The quantitative estimate of drug-likeness (QED) is 0.510. The Morgan fingerprint density at radius 3 is 2.26 bits per heavy atom. The van der Waals surface area contributed by atoms with E-state index in [0.717, 1.165) is 12.8 Å². The van der Waals surface area contributed by atoms with Crippen LogP contribution in [0, 0.1) is 11.3 Å². The molecule has 0 radical (unpaired) electrons. The zero-order valence-corrected chi connectivity index (χ0v) is 11.6. The molecule has 0 aliphatic rings. The molecule has 19 heavy (non-hydrogen) atoms. The first kappa shape index (κ1) is 17.9. The number of hydrogen-bond acceptors (Lipinski definition) is 5. The Kier molecular flexibility index (Phi) is 8.34. The first-order chi connectivity index (χ1) is 8.88. The lowest BCUT2D eigenvalue weighted by molar-refractivity contribution is -0.155. The van der Waals surface area contributed by atoms with Gasteiger partial charge in [0.25, 0.3) is 0 Å². The van der Waals surface area contributed by atoms with Crippen LogP contribution < -0.4 is 0 Å². The van der Waals surface area contributed by atoms with Gasteiger partial charge in [-0.3, -0.25) is 9.59 Å². The Hall–Kier alpha value is -1.14. The molecule has 0 saturated carbocycles. The Labute approximate surface area is 113 Å². The molecule has 0 aromatic rings. The molecule has 0 saturated heterocycles. The van der Waals surface area contributed by atoms with E-state index in [1.54, 1.807) is 6.92 Å². The summed E-state index contributed by atoms with van der Waals surface area (Å²) in [5.41, 5.74) is -0.891. The lowest BCUT2D eigenvalue weighted by atomic mass is 9.94. The Morgan fingerprint density at radius 2 is 1.84 bits per heavy atom. The predicted molar refractivity (Wildman–Crippen MR) is 68.5 cm³/mol. The molecule has 0 spiro atoms. The second kappa shape index (κ2) is 8.87. The maximum atomic E-state index is 11.6. The summed E-state index contributed by atoms with van der Waals surface area (Å²) >= 11 is 0. The average molecular weight is 276 g/mol. The van der Waals surface area contributed by atoms with Crippen molar-refractivity contribution in [2.24, 2.45) is 11.3 Å². The summed E-state index contributed by atoms with van der Waals surface area (Å²) in [6, 6.07) is 0. The van der Waals surface area contributed by atoms with Gasteiger partial charge in [0.05, 0.1) is 25.6 Å². The molecule has 112 valence electrons. The van der Waals surface area contributed by atoms with Crippen molar-refractivity contribution >= 4 is 11.9 Å². The van der Waals surface area contributed by atoms with Crippen molar-refractivity contribution in [3.63, 3.8) is 0 Å². The van der Waals surface area contributed by atoms with Crippen LogP contribution in [0.5, 0.6) is 0 Å². The highest BCUT2D eigenvalue weighted by molar-refractivity contribution is 5.78. The van der Waals surface area contributed by atoms with Crippen LogP contribution in [0.3, 0.4) is 0 Å². The molecule has 1 atom stereocenters. The smallest absolute Gasteiger partial charge is 0.307 e. The number of carboxylic acids is 1. The van der Waals surface area contributed by atoms with Crippen LogP contribution in [0.15, 0.2) is 0 Å². The summed E-state index contributed by atoms with van der Waals surface area (Å²) < 4.78 is 4.93. The van der Waals surface area contributed by atoms with Gasteiger partial charge in [0, 0.05) is 5.41 Å². The van der Waals surface area contributed by atoms with Gasteiger partial charge in [0.2, 0.25) is 0 Å². The van der Waals surface area contributed by atoms with Crippen LogP contribution in [0.1, 0.15) is 39.5 Å². The molecule has 0 aromatic heterocycles. The third kappa shape index (κ3) is 7.12. The van der Waals surface area contributed by atoms with Gasteiger partial charge in [-0.05, 0) is 6.42 Å². The first-order valence-corrected chi connectivity index (χ1v) is 6.48. The maximum absolute atomic E-state index is 11.6. The van der Waals surface area contributed by atoms with E-state index >= 15 is 0 Å². The summed E-state index contributed by atoms with van der Waals surface area (Å²) in [6.07, 6.45) is 1.88. The van der Waals surface area contributed by atoms with E-state index in [1.165, 1.54) is 0 Å². The Morgan fingerprint density at radius 1 is 1.26 bits per heavy atom. The molecule has 6 heteroatoms. The monoisotopic (exact) mass is 276 g/mol. The molecule has 0 amide bonds. The highest BCUT2D eigenvalue weighted by atomic mass is 16.5. The number of esters is 1. The van der Waals surface area contributed by atoms with E-state index in [9.17, 15) is 9.59 Å². The molecule has 1 unspecified atom stereocenters. The molecule has 0 aromatic carbocycles. The van der Waals surface area contributed by atoms with E-state index in [2.05, 4.69) is 0 Å². The van der Waals surface area contributed by atoms with Gasteiger partial charge in [-0.25, -0.2) is 0 Å². The van der Waals surface area contributed by atoms with Gasteiger partial charge < -0.3 is 20.1 Å². The molecular formula is C13H24O6. The summed E-state index contributed by atoms with van der Waals surface area (Å²) in [5, 5.41) is 27.1. The Balaban J connectivity index is 4.23. The average Bonchev–Trinajstić information content (AvgIpc) is 2.40. The number of rotatable bonds is 10. The minimum absolute atomic E-state index is 0.126. The van der Waals surface area contributed by atoms with E-state index in [0.29, 0.717) is 6.42 Å². The largest absolute Gasteiger partial charge is 0.481 e. The fourth-order valence-electron chi connectivity index (χ4n) is 1.42. The van der Waals surface area contributed by atoms with Gasteiger partial charge in [0.15, 0.2) is 0 Å². The molecule has 0 aliphatic heterocycles. The summed E-state index contributed by atoms with van der Waals surface area (Å²) in [4.78, 5) is 22.5. The predicted octanol–water partition coefficient (Wildman–Crippen LogP) is 0.802. The molecule has 0 fully saturated rings. The number of aliphatic hydroxyl groups excluding tert-OH is 2. The lowest BCUT2D eigenvalue weighted by Gasteiger charge is -2.24. The number of ether oxygens (including phenoxy) is 1. The molecule has 6 nitrogen and oxygen atoms in total. The number of carboxylic acid groups (broad SMARTS) is 1. The van der Waals surface area contributed by atoms with Crippen LogP contribution in [0.4, 0.5) is 0 Å². The first-order valence-electron chi connectivity index (χ1n) is 6.48. The highest BCUT2D eigenvalue weighted by Crippen LogP contribution is 2.17. The van der Waals surface area contributed by atoms with Crippen molar-refractivity contribution in [1.29, 1.82) is 0 Å². The van der Waals surface area contributed by atoms with Crippen molar-refractivity contribution in [3.05, 3.63) is 0 Å². The number of unbranched alkanes of at least 4 members (excludes halogenated alkanes) is 1. The minimum Gasteiger partial charge on any atom is -0.481 e. The summed E-state index contributed by atoms with van der Waals surface area (Å²) in [7, 11) is 0. The van der Waals surface area contributed by atoms with Crippen LogP contribution in [-0.2, 0) is 14.3 Å². The molecular weight excluding hydrogens is 252 g/mol. The number of aliphatic carboxylic acids is 1. The normalized spacial score (nSPS) is 13.1. The number of hydrogen-bond donors (Lipinski definition) is 3. The van der Waals surface area contributed by atoms with E-state index < -0.39 is 23.3 Å². The van der Waals surface area contributed by atoms with Crippen molar-refractivity contribution < 1.29 is 29.6 Å². The van der Waals surface area contributed by atoms with Crippen LogP contribution in [0.2, 0.25) is 0 Å². The summed E-state index contributed by atoms with van der Waals surface area (Å²) in [5.74, 6) is -2.35. The molecule has 0 bridgehead atoms. The second-order valence-corrected chi connectivity index (χ2v) is 5.17. The van der Waals surface area contributed by atoms with Crippen molar-refractivity contribution in [1.82, 2.24) is 0 Å². The molecule has 0 aliphatic carbocycles. The van der Waals surface area contributed by atoms with Crippen molar-refractivity contribution in [2.75, 3.05) is 19.8 Å². The molecule has 0 rings (SSSR count).